The third-order valence-electron chi connectivity index (χ3n) is 2.37. The molecule has 0 aliphatic rings. The summed E-state index contributed by atoms with van der Waals surface area (Å²) < 4.78 is 9.34. The van der Waals surface area contributed by atoms with E-state index in [9.17, 15) is 14.4 Å². The fourth-order valence-corrected chi connectivity index (χ4v) is 1.45. The van der Waals surface area contributed by atoms with Crippen LogP contribution < -0.4 is 0 Å². The second-order valence-corrected chi connectivity index (χ2v) is 3.48. The molecule has 0 saturated carbocycles. The van der Waals surface area contributed by atoms with E-state index < -0.39 is 17.9 Å². The molecule has 5 heteroatoms. The number of benzene rings is 1. The van der Waals surface area contributed by atoms with Crippen LogP contribution in [0.2, 0.25) is 0 Å². The van der Waals surface area contributed by atoms with Crippen molar-refractivity contribution >= 4 is 18.2 Å². The minimum atomic E-state index is -0.961. The zero-order valence-electron chi connectivity index (χ0n) is 10.2. The molecular formula is C13H14O5. The zero-order valence-corrected chi connectivity index (χ0v) is 10.2. The van der Waals surface area contributed by atoms with E-state index in [0.29, 0.717) is 17.4 Å². The second kappa shape index (κ2) is 6.54. The van der Waals surface area contributed by atoms with Gasteiger partial charge in [0.05, 0.1) is 19.3 Å². The van der Waals surface area contributed by atoms with Gasteiger partial charge >= 0.3 is 11.9 Å². The van der Waals surface area contributed by atoms with Crippen molar-refractivity contribution in [3.63, 3.8) is 0 Å². The Balaban J connectivity index is 2.91. The first-order valence-electron chi connectivity index (χ1n) is 5.44. The fourth-order valence-electron chi connectivity index (χ4n) is 1.45. The maximum atomic E-state index is 11.5. The van der Waals surface area contributed by atoms with Crippen LogP contribution in [0.5, 0.6) is 0 Å². The summed E-state index contributed by atoms with van der Waals surface area (Å²) in [4.78, 5) is 33.6. The molecule has 18 heavy (non-hydrogen) atoms. The number of hydrogen-bond acceptors (Lipinski definition) is 5. The largest absolute Gasteiger partial charge is 0.465 e. The minimum absolute atomic E-state index is 0.212. The van der Waals surface area contributed by atoms with Gasteiger partial charge in [0.2, 0.25) is 0 Å². The normalized spacial score (nSPS) is 11.4. The predicted molar refractivity (Wildman–Crippen MR) is 63.2 cm³/mol. The van der Waals surface area contributed by atoms with Crippen molar-refractivity contribution in [1.82, 2.24) is 0 Å². The Morgan fingerprint density at radius 2 is 1.89 bits per heavy atom. The van der Waals surface area contributed by atoms with Crippen LogP contribution in [-0.2, 0) is 19.1 Å². The first-order valence-corrected chi connectivity index (χ1v) is 5.44. The van der Waals surface area contributed by atoms with E-state index in [1.54, 1.807) is 6.92 Å². The molecule has 0 aliphatic carbocycles. The smallest absolute Gasteiger partial charge is 0.337 e. The molecule has 1 aromatic carbocycles. The van der Waals surface area contributed by atoms with Gasteiger partial charge in [-0.1, -0.05) is 12.1 Å². The standard InChI is InChI=1S/C13H14O5/c1-3-18-13(16)11(8-14)9-4-6-10(7-5-9)12(15)17-2/h4-8,11H,3H2,1-2H3. The number of hydrogen-bond donors (Lipinski definition) is 0. The minimum Gasteiger partial charge on any atom is -0.465 e. The zero-order chi connectivity index (χ0) is 13.5. The van der Waals surface area contributed by atoms with Crippen molar-refractivity contribution in [1.29, 1.82) is 0 Å². The Hall–Kier alpha value is -2.17. The number of carbonyl (C=O) groups excluding carboxylic acids is 3. The van der Waals surface area contributed by atoms with Gasteiger partial charge in [0.15, 0.2) is 0 Å². The van der Waals surface area contributed by atoms with Crippen LogP contribution in [0.4, 0.5) is 0 Å². The fraction of sp³-hybridized carbons (Fsp3) is 0.308. The van der Waals surface area contributed by atoms with Crippen LogP contribution >= 0.6 is 0 Å². The molecule has 0 bridgehead atoms. The molecule has 96 valence electrons. The molecule has 0 aromatic heterocycles. The summed E-state index contributed by atoms with van der Waals surface area (Å²) >= 11 is 0. The molecular weight excluding hydrogens is 236 g/mol. The third kappa shape index (κ3) is 3.16. The second-order valence-electron chi connectivity index (χ2n) is 3.48. The highest BCUT2D eigenvalue weighted by atomic mass is 16.5. The molecule has 0 amide bonds. The maximum absolute atomic E-state index is 11.5. The molecule has 0 fully saturated rings. The number of ether oxygens (including phenoxy) is 2. The van der Waals surface area contributed by atoms with Gasteiger partial charge in [-0.3, -0.25) is 4.79 Å². The molecule has 0 spiro atoms. The summed E-state index contributed by atoms with van der Waals surface area (Å²) in [5.41, 5.74) is 0.839. The Bertz CT molecular complexity index is 435. The summed E-state index contributed by atoms with van der Waals surface area (Å²) in [6, 6.07) is 6.05. The van der Waals surface area contributed by atoms with Gasteiger partial charge < -0.3 is 14.3 Å². The van der Waals surface area contributed by atoms with Crippen LogP contribution in [0, 0.1) is 0 Å². The van der Waals surface area contributed by atoms with Crippen LogP contribution in [0.25, 0.3) is 0 Å². The van der Waals surface area contributed by atoms with Crippen molar-refractivity contribution < 1.29 is 23.9 Å². The number of carbonyl (C=O) groups is 3. The quantitative estimate of drug-likeness (QED) is 0.448. The van der Waals surface area contributed by atoms with E-state index in [0.717, 1.165) is 0 Å². The highest BCUT2D eigenvalue weighted by molar-refractivity contribution is 5.94. The molecule has 5 nitrogen and oxygen atoms in total. The third-order valence-corrected chi connectivity index (χ3v) is 2.37. The first kappa shape index (κ1) is 13.9. The van der Waals surface area contributed by atoms with Crippen molar-refractivity contribution in [3.8, 4) is 0 Å². The van der Waals surface area contributed by atoms with E-state index >= 15 is 0 Å². The lowest BCUT2D eigenvalue weighted by molar-refractivity contribution is -0.146. The Labute approximate surface area is 105 Å². The summed E-state index contributed by atoms with van der Waals surface area (Å²) in [5.74, 6) is -2.03. The molecule has 1 atom stereocenters. The van der Waals surface area contributed by atoms with Gasteiger partial charge in [-0.15, -0.1) is 0 Å². The Kier molecular flexibility index (Phi) is 5.05. The predicted octanol–water partition coefficient (Wildman–Crippen LogP) is 1.32. The number of esters is 2. The summed E-state index contributed by atoms with van der Waals surface area (Å²) in [7, 11) is 1.28. The van der Waals surface area contributed by atoms with Crippen LogP contribution in [0.15, 0.2) is 24.3 Å². The van der Waals surface area contributed by atoms with E-state index in [1.807, 2.05) is 0 Å². The molecule has 1 unspecified atom stereocenters. The van der Waals surface area contributed by atoms with Crippen molar-refractivity contribution in [2.24, 2.45) is 0 Å². The summed E-state index contributed by atoms with van der Waals surface area (Å²) in [5, 5.41) is 0. The van der Waals surface area contributed by atoms with Crippen molar-refractivity contribution in [2.75, 3.05) is 13.7 Å². The van der Waals surface area contributed by atoms with E-state index in [1.165, 1.54) is 31.4 Å². The molecule has 0 heterocycles. The van der Waals surface area contributed by atoms with E-state index in [-0.39, 0.29) is 6.61 Å². The SMILES string of the molecule is CCOC(=O)C(C=O)c1ccc(C(=O)OC)cc1. The number of rotatable bonds is 5. The highest BCUT2D eigenvalue weighted by Crippen LogP contribution is 2.16. The summed E-state index contributed by atoms with van der Waals surface area (Å²) in [6.07, 6.45) is 0.519. The Morgan fingerprint density at radius 3 is 2.33 bits per heavy atom. The molecule has 1 rings (SSSR count). The monoisotopic (exact) mass is 250 g/mol. The molecule has 0 aliphatic heterocycles. The average Bonchev–Trinajstić information content (AvgIpc) is 2.40. The molecule has 0 N–H and O–H groups in total. The maximum Gasteiger partial charge on any atom is 0.337 e. The lowest BCUT2D eigenvalue weighted by atomic mass is 9.99. The van der Waals surface area contributed by atoms with Gasteiger partial charge in [-0.25, -0.2) is 4.79 Å². The van der Waals surface area contributed by atoms with Crippen LogP contribution in [0.3, 0.4) is 0 Å². The van der Waals surface area contributed by atoms with Crippen LogP contribution in [-0.4, -0.2) is 31.9 Å². The highest BCUT2D eigenvalue weighted by Gasteiger charge is 2.21. The first-order chi connectivity index (χ1) is 8.63. The average molecular weight is 250 g/mol. The van der Waals surface area contributed by atoms with Gasteiger partial charge in [0.1, 0.15) is 12.2 Å². The molecule has 0 saturated heterocycles. The van der Waals surface area contributed by atoms with Gasteiger partial charge in [-0.05, 0) is 24.6 Å². The molecule has 1 aromatic rings. The van der Waals surface area contributed by atoms with Gasteiger partial charge in [0.25, 0.3) is 0 Å². The van der Waals surface area contributed by atoms with Crippen molar-refractivity contribution in [2.45, 2.75) is 12.8 Å². The topological polar surface area (TPSA) is 69.7 Å². The van der Waals surface area contributed by atoms with E-state index in [2.05, 4.69) is 4.74 Å². The van der Waals surface area contributed by atoms with E-state index in [4.69, 9.17) is 4.74 Å². The van der Waals surface area contributed by atoms with Gasteiger partial charge in [0, 0.05) is 0 Å². The number of aldehydes is 1. The number of methoxy groups -OCH3 is 1. The molecule has 0 radical (unpaired) electrons. The van der Waals surface area contributed by atoms with Crippen molar-refractivity contribution in [3.05, 3.63) is 35.4 Å². The van der Waals surface area contributed by atoms with Gasteiger partial charge in [-0.2, -0.15) is 0 Å². The lowest BCUT2D eigenvalue weighted by Crippen LogP contribution is -2.17. The van der Waals surface area contributed by atoms with Crippen LogP contribution in [0.1, 0.15) is 28.8 Å². The Morgan fingerprint density at radius 1 is 1.28 bits per heavy atom. The summed E-state index contributed by atoms with van der Waals surface area (Å²) in [6.45, 7) is 1.88. The lowest BCUT2D eigenvalue weighted by Gasteiger charge is -2.10.